The Labute approximate surface area is 124 Å². The number of benzene rings is 1. The van der Waals surface area contributed by atoms with Gasteiger partial charge in [-0.25, -0.2) is 0 Å². The maximum atomic E-state index is 8.03. The van der Waals surface area contributed by atoms with E-state index >= 15 is 0 Å². The van der Waals surface area contributed by atoms with E-state index in [0.717, 1.165) is 31.6 Å². The first-order chi connectivity index (χ1) is 9.65. The van der Waals surface area contributed by atoms with Crippen LogP contribution in [0.15, 0.2) is 24.3 Å². The molecule has 1 aliphatic rings. The Balaban J connectivity index is 1.85. The third-order valence-electron chi connectivity index (χ3n) is 3.26. The second kappa shape index (κ2) is 7.14. The predicted octanol–water partition coefficient (Wildman–Crippen LogP) is 3.09. The lowest BCUT2D eigenvalue weighted by Gasteiger charge is -2.24. The van der Waals surface area contributed by atoms with Crippen LogP contribution in [0.2, 0.25) is 5.02 Å². The number of hydrogen-bond acceptors (Lipinski definition) is 2. The van der Waals surface area contributed by atoms with Crippen molar-refractivity contribution in [3.8, 4) is 0 Å². The van der Waals surface area contributed by atoms with Gasteiger partial charge in [0, 0.05) is 23.8 Å². The number of nitrogens with zero attached hydrogens (tertiary/aromatic N) is 1. The molecule has 1 aromatic rings. The van der Waals surface area contributed by atoms with Crippen LogP contribution in [0.25, 0.3) is 0 Å². The van der Waals surface area contributed by atoms with E-state index in [0.29, 0.717) is 5.02 Å². The molecule has 0 radical (unpaired) electrons. The molecule has 2 rings (SSSR count). The Hall–Kier alpha value is -1.75. The maximum absolute atomic E-state index is 8.03. The number of hydrogen-bond donors (Lipinski definition) is 4. The monoisotopic (exact) mass is 293 g/mol. The zero-order valence-corrected chi connectivity index (χ0v) is 12.1. The number of likely N-dealkylation sites (tertiary alicyclic amines) is 1. The van der Waals surface area contributed by atoms with Gasteiger partial charge < -0.3 is 10.2 Å². The van der Waals surface area contributed by atoms with Gasteiger partial charge in [0.05, 0.1) is 0 Å². The van der Waals surface area contributed by atoms with Gasteiger partial charge in [0.1, 0.15) is 0 Å². The van der Waals surface area contributed by atoms with E-state index in [1.165, 1.54) is 12.8 Å². The molecule has 1 aromatic carbocycles. The first-order valence-corrected chi connectivity index (χ1v) is 7.24. The molecule has 6 heteroatoms. The molecular weight excluding hydrogens is 274 g/mol. The SMILES string of the molecule is N=C(NC(=N)N1CCCCCC1)Nc1cccc(Cl)c1. The minimum atomic E-state index is 0.0847. The Morgan fingerprint density at radius 1 is 1.10 bits per heavy atom. The van der Waals surface area contributed by atoms with Gasteiger partial charge in [0.25, 0.3) is 0 Å². The number of nitrogens with one attached hydrogen (secondary N) is 4. The molecule has 20 heavy (non-hydrogen) atoms. The topological polar surface area (TPSA) is 75.0 Å². The van der Waals surface area contributed by atoms with Crippen molar-refractivity contribution in [1.29, 1.82) is 10.8 Å². The average molecular weight is 294 g/mol. The molecule has 0 aliphatic carbocycles. The number of rotatable bonds is 1. The molecule has 1 fully saturated rings. The van der Waals surface area contributed by atoms with E-state index in [9.17, 15) is 0 Å². The first-order valence-electron chi connectivity index (χ1n) is 6.87. The third kappa shape index (κ3) is 4.42. The lowest BCUT2D eigenvalue weighted by atomic mass is 10.2. The molecule has 0 saturated carbocycles. The van der Waals surface area contributed by atoms with Gasteiger partial charge in [-0.1, -0.05) is 30.5 Å². The average Bonchev–Trinajstić information content (AvgIpc) is 2.67. The quantitative estimate of drug-likeness (QED) is 0.475. The Bertz CT molecular complexity index is 480. The normalized spacial score (nSPS) is 15.3. The lowest BCUT2D eigenvalue weighted by Crippen LogP contribution is -2.45. The fourth-order valence-electron chi connectivity index (χ4n) is 2.23. The van der Waals surface area contributed by atoms with Crippen molar-refractivity contribution in [2.24, 2.45) is 0 Å². The van der Waals surface area contributed by atoms with Gasteiger partial charge in [0.15, 0.2) is 11.9 Å². The summed E-state index contributed by atoms with van der Waals surface area (Å²) in [7, 11) is 0. The standard InChI is InChI=1S/C14H20ClN5/c15-11-6-5-7-12(10-11)18-13(16)19-14(17)20-8-3-1-2-4-9-20/h5-7,10H,1-4,8-9H2,(H4,16,17,18,19). The zero-order valence-electron chi connectivity index (χ0n) is 11.4. The molecule has 0 aromatic heterocycles. The highest BCUT2D eigenvalue weighted by Crippen LogP contribution is 2.14. The second-order valence-electron chi connectivity index (χ2n) is 4.89. The fraction of sp³-hybridized carbons (Fsp3) is 0.429. The van der Waals surface area contributed by atoms with Gasteiger partial charge >= 0.3 is 0 Å². The van der Waals surface area contributed by atoms with Crippen molar-refractivity contribution in [3.05, 3.63) is 29.3 Å². The van der Waals surface area contributed by atoms with Crippen molar-refractivity contribution in [1.82, 2.24) is 10.2 Å². The summed E-state index contributed by atoms with van der Waals surface area (Å²) >= 11 is 5.89. The number of halogens is 1. The van der Waals surface area contributed by atoms with Crippen LogP contribution in [-0.4, -0.2) is 29.9 Å². The van der Waals surface area contributed by atoms with E-state index in [2.05, 4.69) is 10.6 Å². The van der Waals surface area contributed by atoms with Crippen LogP contribution >= 0.6 is 11.6 Å². The van der Waals surface area contributed by atoms with Crippen LogP contribution in [0.3, 0.4) is 0 Å². The third-order valence-corrected chi connectivity index (χ3v) is 3.49. The molecule has 1 heterocycles. The summed E-state index contributed by atoms with van der Waals surface area (Å²) in [5, 5.41) is 22.2. The van der Waals surface area contributed by atoms with Gasteiger partial charge in [-0.2, -0.15) is 0 Å². The molecule has 5 nitrogen and oxygen atoms in total. The maximum Gasteiger partial charge on any atom is 0.199 e. The smallest absolute Gasteiger partial charge is 0.199 e. The minimum Gasteiger partial charge on any atom is -0.343 e. The van der Waals surface area contributed by atoms with E-state index < -0.39 is 0 Å². The van der Waals surface area contributed by atoms with Gasteiger partial charge in [-0.05, 0) is 31.0 Å². The summed E-state index contributed by atoms with van der Waals surface area (Å²) in [4.78, 5) is 1.99. The molecule has 0 unspecified atom stereocenters. The fourth-order valence-corrected chi connectivity index (χ4v) is 2.42. The molecule has 0 bridgehead atoms. The Kier molecular flexibility index (Phi) is 5.24. The first kappa shape index (κ1) is 14.7. The highest BCUT2D eigenvalue weighted by atomic mass is 35.5. The molecule has 1 aliphatic heterocycles. The number of anilines is 1. The molecule has 1 saturated heterocycles. The predicted molar refractivity (Wildman–Crippen MR) is 83.7 cm³/mol. The second-order valence-corrected chi connectivity index (χ2v) is 5.32. The van der Waals surface area contributed by atoms with E-state index in [-0.39, 0.29) is 11.9 Å². The van der Waals surface area contributed by atoms with Crippen LogP contribution in [-0.2, 0) is 0 Å². The summed E-state index contributed by atoms with van der Waals surface area (Å²) in [6.07, 6.45) is 4.67. The van der Waals surface area contributed by atoms with Crippen LogP contribution < -0.4 is 10.6 Å². The van der Waals surface area contributed by atoms with Gasteiger partial charge in [-0.15, -0.1) is 0 Å². The van der Waals surface area contributed by atoms with Crippen LogP contribution in [0.4, 0.5) is 5.69 Å². The minimum absolute atomic E-state index is 0.0847. The van der Waals surface area contributed by atoms with Crippen molar-refractivity contribution in [2.75, 3.05) is 18.4 Å². The van der Waals surface area contributed by atoms with E-state index in [1.54, 1.807) is 12.1 Å². The van der Waals surface area contributed by atoms with Crippen molar-refractivity contribution in [2.45, 2.75) is 25.7 Å². The van der Waals surface area contributed by atoms with E-state index in [4.69, 9.17) is 22.4 Å². The molecule has 0 spiro atoms. The Morgan fingerprint density at radius 3 is 2.45 bits per heavy atom. The lowest BCUT2D eigenvalue weighted by molar-refractivity contribution is 0.423. The molecular formula is C14H20ClN5. The molecule has 4 N–H and O–H groups in total. The molecule has 108 valence electrons. The summed E-state index contributed by atoms with van der Waals surface area (Å²) in [6, 6.07) is 7.17. The van der Waals surface area contributed by atoms with E-state index in [1.807, 2.05) is 17.0 Å². The summed E-state index contributed by atoms with van der Waals surface area (Å²) < 4.78 is 0. The molecule has 0 atom stereocenters. The van der Waals surface area contributed by atoms with Gasteiger partial charge in [0.2, 0.25) is 0 Å². The number of guanidine groups is 2. The van der Waals surface area contributed by atoms with Crippen molar-refractivity contribution in [3.63, 3.8) is 0 Å². The Morgan fingerprint density at radius 2 is 1.80 bits per heavy atom. The summed E-state index contributed by atoms with van der Waals surface area (Å²) in [5.41, 5.74) is 0.735. The van der Waals surface area contributed by atoms with Gasteiger partial charge in [-0.3, -0.25) is 16.1 Å². The highest BCUT2D eigenvalue weighted by molar-refractivity contribution is 6.30. The van der Waals surface area contributed by atoms with Crippen LogP contribution in [0, 0.1) is 10.8 Å². The van der Waals surface area contributed by atoms with Crippen LogP contribution in [0.5, 0.6) is 0 Å². The summed E-state index contributed by atoms with van der Waals surface area (Å²) in [6.45, 7) is 1.77. The van der Waals surface area contributed by atoms with Crippen molar-refractivity contribution < 1.29 is 0 Å². The summed E-state index contributed by atoms with van der Waals surface area (Å²) in [5.74, 6) is 0.368. The zero-order chi connectivity index (χ0) is 14.4. The van der Waals surface area contributed by atoms with Crippen molar-refractivity contribution >= 4 is 29.2 Å². The molecule has 0 amide bonds. The highest BCUT2D eigenvalue weighted by Gasteiger charge is 2.13. The largest absolute Gasteiger partial charge is 0.343 e. The van der Waals surface area contributed by atoms with Crippen LogP contribution in [0.1, 0.15) is 25.7 Å².